The lowest BCUT2D eigenvalue weighted by Crippen LogP contribution is -2.31. The first-order valence-corrected chi connectivity index (χ1v) is 4.74. The highest BCUT2D eigenvalue weighted by molar-refractivity contribution is 4.66. The Balaban J connectivity index is -0.000000178. The van der Waals surface area contributed by atoms with Crippen molar-refractivity contribution in [3.8, 4) is 0 Å². The molecular formula is C10H28N2O. The third-order valence-corrected chi connectivity index (χ3v) is 1.62. The van der Waals surface area contributed by atoms with E-state index in [9.17, 15) is 0 Å². The topological polar surface area (TPSA) is 47.3 Å². The first-order chi connectivity index (χ1) is 5.93. The summed E-state index contributed by atoms with van der Waals surface area (Å²) in [6.07, 6.45) is 2.88. The Kier molecular flexibility index (Phi) is 25.5. The zero-order valence-electron chi connectivity index (χ0n) is 8.89. The van der Waals surface area contributed by atoms with Crippen molar-refractivity contribution in [1.29, 1.82) is 0 Å². The maximum Gasteiger partial charge on any atom is 0.0595 e. The molecule has 0 aromatic carbocycles. The molecule has 0 saturated carbocycles. The molecule has 0 spiro atoms. The largest absolute Gasteiger partial charge is 0.381 e. The molecule has 1 saturated heterocycles. The summed E-state index contributed by atoms with van der Waals surface area (Å²) in [4.78, 5) is 0. The number of ether oxygens (including phenoxy) is 1. The fourth-order valence-electron chi connectivity index (χ4n) is 1.03. The van der Waals surface area contributed by atoms with Gasteiger partial charge < -0.3 is 15.8 Å². The van der Waals surface area contributed by atoms with Crippen molar-refractivity contribution in [1.82, 2.24) is 5.32 Å². The fourth-order valence-corrected chi connectivity index (χ4v) is 1.03. The van der Waals surface area contributed by atoms with Crippen LogP contribution in [0, 0.1) is 0 Å². The SMILES string of the molecule is C.CC.CN.COC1CCNCC1. The molecule has 0 radical (unpaired) electrons. The number of hydrogen-bond acceptors (Lipinski definition) is 3. The molecule has 1 aliphatic heterocycles. The number of nitrogens with two attached hydrogens (primary N) is 1. The summed E-state index contributed by atoms with van der Waals surface area (Å²) in [5.74, 6) is 0. The first kappa shape index (κ1) is 18.6. The molecule has 1 aliphatic rings. The van der Waals surface area contributed by atoms with Crippen LogP contribution in [0.25, 0.3) is 0 Å². The number of methoxy groups -OCH3 is 1. The van der Waals surface area contributed by atoms with Crippen LogP contribution in [-0.4, -0.2) is 33.4 Å². The van der Waals surface area contributed by atoms with E-state index in [1.807, 2.05) is 13.8 Å². The Morgan fingerprint density at radius 1 is 1.15 bits per heavy atom. The van der Waals surface area contributed by atoms with Gasteiger partial charge in [0.15, 0.2) is 0 Å². The third-order valence-electron chi connectivity index (χ3n) is 1.62. The Morgan fingerprint density at radius 2 is 1.54 bits per heavy atom. The lowest BCUT2D eigenvalue weighted by atomic mass is 10.1. The predicted octanol–water partition coefficient (Wildman–Crippen LogP) is 1.62. The summed E-state index contributed by atoms with van der Waals surface area (Å²) in [6.45, 7) is 6.25. The van der Waals surface area contributed by atoms with Crippen molar-refractivity contribution >= 4 is 0 Å². The smallest absolute Gasteiger partial charge is 0.0595 e. The van der Waals surface area contributed by atoms with Gasteiger partial charge in [-0.25, -0.2) is 0 Å². The molecule has 0 amide bonds. The number of rotatable bonds is 1. The minimum atomic E-state index is 0. The molecule has 1 heterocycles. The van der Waals surface area contributed by atoms with Crippen LogP contribution in [0.15, 0.2) is 0 Å². The van der Waals surface area contributed by atoms with Gasteiger partial charge in [0, 0.05) is 7.11 Å². The molecule has 0 atom stereocenters. The zero-order chi connectivity index (χ0) is 9.82. The van der Waals surface area contributed by atoms with Crippen molar-refractivity contribution in [3.05, 3.63) is 0 Å². The molecule has 1 fully saturated rings. The third kappa shape index (κ3) is 11.9. The lowest BCUT2D eigenvalue weighted by Gasteiger charge is -2.20. The van der Waals surface area contributed by atoms with Gasteiger partial charge >= 0.3 is 0 Å². The summed E-state index contributed by atoms with van der Waals surface area (Å²) < 4.78 is 5.15. The van der Waals surface area contributed by atoms with Gasteiger partial charge in [-0.15, -0.1) is 0 Å². The number of piperidine rings is 1. The molecule has 0 aromatic heterocycles. The van der Waals surface area contributed by atoms with Crippen molar-refractivity contribution in [2.45, 2.75) is 40.2 Å². The first-order valence-electron chi connectivity index (χ1n) is 4.74. The van der Waals surface area contributed by atoms with E-state index in [0.717, 1.165) is 13.1 Å². The molecule has 0 bridgehead atoms. The van der Waals surface area contributed by atoms with Crippen LogP contribution in [0.1, 0.15) is 34.1 Å². The second kappa shape index (κ2) is 17.8. The molecule has 0 aliphatic carbocycles. The minimum Gasteiger partial charge on any atom is -0.381 e. The Morgan fingerprint density at radius 3 is 1.77 bits per heavy atom. The van der Waals surface area contributed by atoms with Crippen LogP contribution in [-0.2, 0) is 4.74 Å². The monoisotopic (exact) mass is 192 g/mol. The molecule has 3 nitrogen and oxygen atoms in total. The van der Waals surface area contributed by atoms with Crippen LogP contribution in [0.3, 0.4) is 0 Å². The van der Waals surface area contributed by atoms with Crippen LogP contribution in [0.2, 0.25) is 0 Å². The summed E-state index contributed by atoms with van der Waals surface area (Å²) in [5.41, 5.74) is 4.50. The molecule has 3 heteroatoms. The van der Waals surface area contributed by atoms with Crippen LogP contribution < -0.4 is 11.1 Å². The van der Waals surface area contributed by atoms with E-state index in [4.69, 9.17) is 4.74 Å². The Bertz CT molecular complexity index is 63.9. The van der Waals surface area contributed by atoms with E-state index >= 15 is 0 Å². The molecule has 84 valence electrons. The second-order valence-electron chi connectivity index (χ2n) is 2.19. The maximum absolute atomic E-state index is 5.15. The van der Waals surface area contributed by atoms with Crippen LogP contribution >= 0.6 is 0 Å². The van der Waals surface area contributed by atoms with Crippen molar-refractivity contribution in [2.24, 2.45) is 5.73 Å². The molecule has 0 aromatic rings. The van der Waals surface area contributed by atoms with Gasteiger partial charge in [-0.05, 0) is 33.0 Å². The van der Waals surface area contributed by atoms with Crippen LogP contribution in [0.5, 0.6) is 0 Å². The summed E-state index contributed by atoms with van der Waals surface area (Å²) in [7, 11) is 3.29. The molecule has 1 rings (SSSR count). The quantitative estimate of drug-likeness (QED) is 0.664. The van der Waals surface area contributed by atoms with E-state index in [2.05, 4.69) is 11.1 Å². The molecular weight excluding hydrogens is 164 g/mol. The average Bonchev–Trinajstić information content (AvgIpc) is 2.25. The van der Waals surface area contributed by atoms with E-state index in [0.29, 0.717) is 6.10 Å². The molecule has 3 N–H and O–H groups in total. The Hall–Kier alpha value is -0.120. The lowest BCUT2D eigenvalue weighted by molar-refractivity contribution is 0.0765. The summed E-state index contributed by atoms with van der Waals surface area (Å²) >= 11 is 0. The van der Waals surface area contributed by atoms with E-state index in [1.165, 1.54) is 19.9 Å². The maximum atomic E-state index is 5.15. The van der Waals surface area contributed by atoms with Gasteiger partial charge in [-0.2, -0.15) is 0 Å². The molecule has 0 unspecified atom stereocenters. The second-order valence-corrected chi connectivity index (χ2v) is 2.19. The van der Waals surface area contributed by atoms with Gasteiger partial charge in [0.2, 0.25) is 0 Å². The van der Waals surface area contributed by atoms with Crippen molar-refractivity contribution in [3.63, 3.8) is 0 Å². The highest BCUT2D eigenvalue weighted by atomic mass is 16.5. The van der Waals surface area contributed by atoms with Gasteiger partial charge in [-0.1, -0.05) is 21.3 Å². The highest BCUT2D eigenvalue weighted by Gasteiger charge is 2.09. The van der Waals surface area contributed by atoms with Gasteiger partial charge in [0.05, 0.1) is 6.10 Å². The normalized spacial score (nSPS) is 15.5. The average molecular weight is 192 g/mol. The van der Waals surface area contributed by atoms with Gasteiger partial charge in [-0.3, -0.25) is 0 Å². The van der Waals surface area contributed by atoms with Gasteiger partial charge in [0.25, 0.3) is 0 Å². The van der Waals surface area contributed by atoms with E-state index < -0.39 is 0 Å². The predicted molar refractivity (Wildman–Crippen MR) is 61.1 cm³/mol. The van der Waals surface area contributed by atoms with E-state index in [-0.39, 0.29) is 7.43 Å². The standard InChI is InChI=1S/C6H13NO.C2H6.CH5N.CH4/c1-8-6-2-4-7-5-3-6;2*1-2;/h6-7H,2-5H2,1H3;1-2H3;2H2,1H3;1H4. The summed E-state index contributed by atoms with van der Waals surface area (Å²) in [5, 5.41) is 3.27. The number of nitrogens with one attached hydrogen (secondary N) is 1. The number of hydrogen-bond donors (Lipinski definition) is 2. The van der Waals surface area contributed by atoms with Crippen LogP contribution in [0.4, 0.5) is 0 Å². The fraction of sp³-hybridized carbons (Fsp3) is 1.00. The van der Waals surface area contributed by atoms with Crippen molar-refractivity contribution in [2.75, 3.05) is 27.2 Å². The minimum absolute atomic E-state index is 0. The van der Waals surface area contributed by atoms with E-state index in [1.54, 1.807) is 7.11 Å². The van der Waals surface area contributed by atoms with Gasteiger partial charge in [0.1, 0.15) is 0 Å². The summed E-state index contributed by atoms with van der Waals surface area (Å²) in [6, 6.07) is 0. The Labute approximate surface area is 84.0 Å². The highest BCUT2D eigenvalue weighted by Crippen LogP contribution is 2.04. The van der Waals surface area contributed by atoms with Crippen molar-refractivity contribution < 1.29 is 4.74 Å². The zero-order valence-corrected chi connectivity index (χ0v) is 8.89. The molecule has 13 heavy (non-hydrogen) atoms.